The van der Waals surface area contributed by atoms with Gasteiger partial charge in [-0.1, -0.05) is 25.4 Å². The van der Waals surface area contributed by atoms with Crippen LogP contribution in [0, 0.1) is 0 Å². The van der Waals surface area contributed by atoms with Crippen molar-refractivity contribution < 1.29 is 14.6 Å². The van der Waals surface area contributed by atoms with Crippen LogP contribution in [0.15, 0.2) is 18.2 Å². The van der Waals surface area contributed by atoms with Crippen LogP contribution >= 0.6 is 11.6 Å². The molecule has 0 bridgehead atoms. The van der Waals surface area contributed by atoms with Crippen molar-refractivity contribution in [3.63, 3.8) is 0 Å². The van der Waals surface area contributed by atoms with Gasteiger partial charge in [-0.05, 0) is 31.0 Å². The molecule has 1 N–H and O–H groups in total. The number of amides is 1. The van der Waals surface area contributed by atoms with E-state index in [1.807, 2.05) is 13.8 Å². The van der Waals surface area contributed by atoms with Gasteiger partial charge in [0.05, 0.1) is 19.3 Å². The van der Waals surface area contributed by atoms with E-state index in [4.69, 9.17) is 16.3 Å². The van der Waals surface area contributed by atoms with Crippen LogP contribution in [0.5, 0.6) is 5.75 Å². The van der Waals surface area contributed by atoms with Gasteiger partial charge in [0.25, 0.3) is 5.91 Å². The molecule has 4 nitrogen and oxygen atoms in total. The molecule has 1 rings (SSSR count). The maximum Gasteiger partial charge on any atom is 0.257 e. The fraction of sp³-hybridized carbons (Fsp3) is 0.533. The zero-order valence-corrected chi connectivity index (χ0v) is 13.0. The lowest BCUT2D eigenvalue weighted by molar-refractivity contribution is 0.0619. The Morgan fingerprint density at radius 3 is 2.55 bits per heavy atom. The average Bonchev–Trinajstić information content (AvgIpc) is 2.46. The molecule has 0 aliphatic carbocycles. The molecule has 0 heterocycles. The molecule has 1 aromatic carbocycles. The largest absolute Gasteiger partial charge is 0.496 e. The zero-order valence-electron chi connectivity index (χ0n) is 12.2. The van der Waals surface area contributed by atoms with Gasteiger partial charge in [-0.15, -0.1) is 0 Å². The maximum atomic E-state index is 12.7. The van der Waals surface area contributed by atoms with Crippen molar-refractivity contribution in [1.29, 1.82) is 0 Å². The molecule has 0 spiro atoms. The quantitative estimate of drug-likeness (QED) is 0.842. The Bertz CT molecular complexity index is 447. The molecule has 0 radical (unpaired) electrons. The van der Waals surface area contributed by atoms with Crippen molar-refractivity contribution in [3.05, 3.63) is 28.8 Å². The summed E-state index contributed by atoms with van der Waals surface area (Å²) in [6.07, 6.45) is 1.68. The van der Waals surface area contributed by atoms with E-state index in [0.29, 0.717) is 22.9 Å². The standard InChI is InChI=1S/C15H22ClNO3/c1-4-12(5-2)17(8-9-18)15(19)13-10-11(16)6-7-14(13)20-3/h6-7,10,12,18H,4-5,8-9H2,1-3H3. The van der Waals surface area contributed by atoms with Gasteiger partial charge in [0.15, 0.2) is 0 Å². The molecule has 112 valence electrons. The first-order valence-corrected chi connectivity index (χ1v) is 7.22. The van der Waals surface area contributed by atoms with Gasteiger partial charge in [-0.3, -0.25) is 4.79 Å². The van der Waals surface area contributed by atoms with Gasteiger partial charge in [-0.25, -0.2) is 0 Å². The van der Waals surface area contributed by atoms with E-state index in [9.17, 15) is 9.90 Å². The number of carbonyl (C=O) groups excluding carboxylic acids is 1. The van der Waals surface area contributed by atoms with E-state index in [1.54, 1.807) is 23.1 Å². The van der Waals surface area contributed by atoms with Crippen LogP contribution in [0.25, 0.3) is 0 Å². The number of carbonyl (C=O) groups is 1. The lowest BCUT2D eigenvalue weighted by Gasteiger charge is -2.30. The highest BCUT2D eigenvalue weighted by molar-refractivity contribution is 6.31. The Kier molecular flexibility index (Phi) is 6.82. The summed E-state index contributed by atoms with van der Waals surface area (Å²) in [4.78, 5) is 14.4. The Morgan fingerprint density at radius 1 is 1.40 bits per heavy atom. The van der Waals surface area contributed by atoms with Crippen LogP contribution in [0.1, 0.15) is 37.0 Å². The Balaban J connectivity index is 3.14. The first-order valence-electron chi connectivity index (χ1n) is 6.84. The monoisotopic (exact) mass is 299 g/mol. The van der Waals surface area contributed by atoms with E-state index >= 15 is 0 Å². The Morgan fingerprint density at radius 2 is 2.05 bits per heavy atom. The number of hydrogen-bond donors (Lipinski definition) is 1. The van der Waals surface area contributed by atoms with E-state index in [1.165, 1.54) is 7.11 Å². The van der Waals surface area contributed by atoms with Crippen molar-refractivity contribution in [2.45, 2.75) is 32.7 Å². The fourth-order valence-corrected chi connectivity index (χ4v) is 2.46. The number of methoxy groups -OCH3 is 1. The molecule has 0 aliphatic rings. The van der Waals surface area contributed by atoms with Gasteiger partial charge < -0.3 is 14.7 Å². The highest BCUT2D eigenvalue weighted by Gasteiger charge is 2.24. The van der Waals surface area contributed by atoms with Crippen LogP contribution < -0.4 is 4.74 Å². The van der Waals surface area contributed by atoms with Crippen LogP contribution in [0.4, 0.5) is 0 Å². The van der Waals surface area contributed by atoms with E-state index in [-0.39, 0.29) is 18.6 Å². The van der Waals surface area contributed by atoms with Gasteiger partial charge in [0.2, 0.25) is 0 Å². The van der Waals surface area contributed by atoms with Crippen LogP contribution in [-0.2, 0) is 0 Å². The summed E-state index contributed by atoms with van der Waals surface area (Å²) in [5.74, 6) is 0.334. The maximum absolute atomic E-state index is 12.7. The highest BCUT2D eigenvalue weighted by atomic mass is 35.5. The molecule has 20 heavy (non-hydrogen) atoms. The minimum atomic E-state index is -0.160. The van der Waals surface area contributed by atoms with Crippen molar-refractivity contribution >= 4 is 17.5 Å². The summed E-state index contributed by atoms with van der Waals surface area (Å²) >= 11 is 5.97. The first-order chi connectivity index (χ1) is 9.58. The highest BCUT2D eigenvalue weighted by Crippen LogP contribution is 2.25. The normalized spacial score (nSPS) is 10.7. The molecule has 0 aliphatic heterocycles. The number of rotatable bonds is 7. The summed E-state index contributed by atoms with van der Waals surface area (Å²) in [5, 5.41) is 9.69. The predicted molar refractivity (Wildman–Crippen MR) is 80.5 cm³/mol. The average molecular weight is 300 g/mol. The molecule has 0 atom stereocenters. The lowest BCUT2D eigenvalue weighted by atomic mass is 10.1. The zero-order chi connectivity index (χ0) is 15.1. The third kappa shape index (κ3) is 3.87. The van der Waals surface area contributed by atoms with Gasteiger partial charge in [0.1, 0.15) is 5.75 Å². The fourth-order valence-electron chi connectivity index (χ4n) is 2.29. The molecule has 5 heteroatoms. The molecule has 1 aromatic rings. The Labute approximate surface area is 125 Å². The Hall–Kier alpha value is -1.26. The number of aliphatic hydroxyl groups excluding tert-OH is 1. The van der Waals surface area contributed by atoms with Crippen molar-refractivity contribution in [3.8, 4) is 5.75 Å². The second-order valence-corrected chi connectivity index (χ2v) is 4.97. The summed E-state index contributed by atoms with van der Waals surface area (Å²) in [6.45, 7) is 4.30. The summed E-state index contributed by atoms with van der Waals surface area (Å²) < 4.78 is 5.23. The summed E-state index contributed by atoms with van der Waals surface area (Å²) in [5.41, 5.74) is 0.431. The van der Waals surface area contributed by atoms with Crippen LogP contribution in [-0.4, -0.2) is 42.2 Å². The number of aliphatic hydroxyl groups is 1. The van der Waals surface area contributed by atoms with Gasteiger partial charge in [-0.2, -0.15) is 0 Å². The molecule has 0 unspecified atom stereocenters. The van der Waals surface area contributed by atoms with Crippen LogP contribution in [0.2, 0.25) is 5.02 Å². The van der Waals surface area contributed by atoms with Crippen molar-refractivity contribution in [1.82, 2.24) is 4.90 Å². The SMILES string of the molecule is CCC(CC)N(CCO)C(=O)c1cc(Cl)ccc1OC. The second-order valence-electron chi connectivity index (χ2n) is 4.54. The second kappa shape index (κ2) is 8.12. The number of ether oxygens (including phenoxy) is 1. The summed E-state index contributed by atoms with van der Waals surface area (Å²) in [6, 6.07) is 5.07. The topological polar surface area (TPSA) is 49.8 Å². The summed E-state index contributed by atoms with van der Waals surface area (Å²) in [7, 11) is 1.52. The van der Waals surface area contributed by atoms with Crippen molar-refractivity contribution in [2.24, 2.45) is 0 Å². The predicted octanol–water partition coefficient (Wildman–Crippen LogP) is 2.97. The lowest BCUT2D eigenvalue weighted by Crippen LogP contribution is -2.41. The molecule has 0 saturated carbocycles. The molecule has 1 amide bonds. The van der Waals surface area contributed by atoms with Crippen LogP contribution in [0.3, 0.4) is 0 Å². The molecule has 0 saturated heterocycles. The van der Waals surface area contributed by atoms with Gasteiger partial charge in [0, 0.05) is 17.6 Å². The number of nitrogens with zero attached hydrogens (tertiary/aromatic N) is 1. The van der Waals surface area contributed by atoms with E-state index in [2.05, 4.69) is 0 Å². The molecule has 0 fully saturated rings. The van der Waals surface area contributed by atoms with Gasteiger partial charge >= 0.3 is 0 Å². The molecular weight excluding hydrogens is 278 g/mol. The third-order valence-electron chi connectivity index (χ3n) is 3.38. The van der Waals surface area contributed by atoms with Crippen molar-refractivity contribution in [2.75, 3.05) is 20.3 Å². The molecule has 0 aromatic heterocycles. The smallest absolute Gasteiger partial charge is 0.257 e. The van der Waals surface area contributed by atoms with E-state index < -0.39 is 0 Å². The first kappa shape index (κ1) is 16.8. The number of hydrogen-bond acceptors (Lipinski definition) is 3. The van der Waals surface area contributed by atoms with E-state index in [0.717, 1.165) is 12.8 Å². The minimum absolute atomic E-state index is 0.0644. The number of halogens is 1. The molecular formula is C15H22ClNO3. The third-order valence-corrected chi connectivity index (χ3v) is 3.61. The number of benzene rings is 1. The minimum Gasteiger partial charge on any atom is -0.496 e.